The molecule has 7 nitrogen and oxygen atoms in total. The van der Waals surface area contributed by atoms with E-state index in [-0.39, 0.29) is 32.1 Å². The largest absolute Gasteiger partial charge is 0.362 e. The van der Waals surface area contributed by atoms with Crippen molar-refractivity contribution in [3.8, 4) is 0 Å². The van der Waals surface area contributed by atoms with Crippen LogP contribution in [0.5, 0.6) is 0 Å². The molecule has 0 N–H and O–H groups in total. The molecular weight excluding hydrogens is 409 g/mol. The van der Waals surface area contributed by atoms with E-state index in [1.54, 1.807) is 37.3 Å². The second kappa shape index (κ2) is 7.99. The predicted octanol–water partition coefficient (Wildman–Crippen LogP) is 1.71. The molecular formula is C18H19F3N4O3S. The number of aromatic nitrogens is 1. The van der Waals surface area contributed by atoms with Crippen LogP contribution in [0, 0.1) is 17.5 Å². The standard InChI is InChI=1S/C18H19F3N4O3S/c1-23(2)17-12(4-3-7-22-17)18(26)24-8-10-25(11-9-24)29(27,28)14-6-5-13(19)15(20)16(14)21/h3-7H,8-11H2,1-2H3. The van der Waals surface area contributed by atoms with Crippen molar-refractivity contribution in [2.75, 3.05) is 45.2 Å². The Kier molecular flexibility index (Phi) is 5.80. The van der Waals surface area contributed by atoms with Gasteiger partial charge in [0.2, 0.25) is 10.0 Å². The smallest absolute Gasteiger partial charge is 0.257 e. The molecule has 1 aromatic heterocycles. The lowest BCUT2D eigenvalue weighted by Gasteiger charge is -2.34. The van der Waals surface area contributed by atoms with Crippen molar-refractivity contribution in [2.24, 2.45) is 0 Å². The van der Waals surface area contributed by atoms with Crippen LogP contribution in [0.4, 0.5) is 19.0 Å². The van der Waals surface area contributed by atoms with Gasteiger partial charge in [-0.3, -0.25) is 4.79 Å². The van der Waals surface area contributed by atoms with E-state index in [0.29, 0.717) is 23.5 Å². The minimum Gasteiger partial charge on any atom is -0.362 e. The number of anilines is 1. The molecule has 11 heteroatoms. The van der Waals surface area contributed by atoms with Crippen LogP contribution in [-0.2, 0) is 10.0 Å². The first-order chi connectivity index (χ1) is 13.6. The zero-order valence-corrected chi connectivity index (χ0v) is 16.6. The molecule has 1 aliphatic rings. The number of benzene rings is 1. The number of halogens is 3. The van der Waals surface area contributed by atoms with E-state index in [4.69, 9.17) is 0 Å². The summed E-state index contributed by atoms with van der Waals surface area (Å²) in [5.74, 6) is -4.89. The SMILES string of the molecule is CN(C)c1ncccc1C(=O)N1CCN(S(=O)(=O)c2ccc(F)c(F)c2F)CC1. The second-order valence-corrected chi connectivity index (χ2v) is 8.55. The van der Waals surface area contributed by atoms with Crippen molar-refractivity contribution in [3.05, 3.63) is 53.5 Å². The summed E-state index contributed by atoms with van der Waals surface area (Å²) in [7, 11) is -0.874. The quantitative estimate of drug-likeness (QED) is 0.694. The number of piperazine rings is 1. The summed E-state index contributed by atoms with van der Waals surface area (Å²) in [4.78, 5) is 19.2. The zero-order chi connectivity index (χ0) is 21.3. The Balaban J connectivity index is 1.77. The van der Waals surface area contributed by atoms with E-state index >= 15 is 0 Å². The molecule has 1 fully saturated rings. The van der Waals surface area contributed by atoms with Gasteiger partial charge < -0.3 is 9.80 Å². The molecule has 0 radical (unpaired) electrons. The highest BCUT2D eigenvalue weighted by molar-refractivity contribution is 7.89. The van der Waals surface area contributed by atoms with Crippen LogP contribution in [-0.4, -0.2) is 68.8 Å². The van der Waals surface area contributed by atoms with Crippen LogP contribution in [0.25, 0.3) is 0 Å². The van der Waals surface area contributed by atoms with Crippen molar-refractivity contribution >= 4 is 21.7 Å². The lowest BCUT2D eigenvalue weighted by Crippen LogP contribution is -2.50. The lowest BCUT2D eigenvalue weighted by atomic mass is 10.2. The van der Waals surface area contributed by atoms with E-state index in [1.807, 2.05) is 0 Å². The first kappa shape index (κ1) is 21.1. The second-order valence-electron chi connectivity index (χ2n) is 6.64. The molecule has 0 unspecified atom stereocenters. The van der Waals surface area contributed by atoms with Gasteiger partial charge in [-0.1, -0.05) is 0 Å². The third-order valence-electron chi connectivity index (χ3n) is 4.58. The Labute approximate surface area is 166 Å². The highest BCUT2D eigenvalue weighted by Gasteiger charge is 2.34. The van der Waals surface area contributed by atoms with Crippen LogP contribution in [0.15, 0.2) is 35.4 Å². The van der Waals surface area contributed by atoms with Gasteiger partial charge in [0, 0.05) is 46.5 Å². The van der Waals surface area contributed by atoms with Gasteiger partial charge in [-0.05, 0) is 24.3 Å². The number of rotatable bonds is 4. The van der Waals surface area contributed by atoms with Crippen molar-refractivity contribution in [1.29, 1.82) is 0 Å². The Morgan fingerprint density at radius 1 is 1.03 bits per heavy atom. The molecule has 1 aliphatic heterocycles. The predicted molar refractivity (Wildman–Crippen MR) is 99.5 cm³/mol. The minimum atomic E-state index is -4.37. The van der Waals surface area contributed by atoms with E-state index in [9.17, 15) is 26.4 Å². The molecule has 0 atom stereocenters. The van der Waals surface area contributed by atoms with Gasteiger partial charge in [0.1, 0.15) is 10.7 Å². The topological polar surface area (TPSA) is 73.8 Å². The van der Waals surface area contributed by atoms with E-state index in [0.717, 1.165) is 4.31 Å². The first-order valence-corrected chi connectivity index (χ1v) is 10.1. The summed E-state index contributed by atoms with van der Waals surface area (Å²) in [5.41, 5.74) is 0.375. The molecule has 0 aliphatic carbocycles. The highest BCUT2D eigenvalue weighted by atomic mass is 32.2. The lowest BCUT2D eigenvalue weighted by molar-refractivity contribution is 0.0698. The molecule has 156 valence electrons. The maximum atomic E-state index is 14.0. The van der Waals surface area contributed by atoms with Gasteiger partial charge in [-0.15, -0.1) is 0 Å². The number of carbonyl (C=O) groups excluding carboxylic acids is 1. The zero-order valence-electron chi connectivity index (χ0n) is 15.8. The molecule has 3 rings (SSSR count). The highest BCUT2D eigenvalue weighted by Crippen LogP contribution is 2.25. The number of amides is 1. The summed E-state index contributed by atoms with van der Waals surface area (Å²) in [5, 5.41) is 0. The van der Waals surface area contributed by atoms with Crippen LogP contribution < -0.4 is 4.90 Å². The number of hydrogen-bond acceptors (Lipinski definition) is 5. The average Bonchev–Trinajstić information content (AvgIpc) is 2.71. The number of nitrogens with zero attached hydrogens (tertiary/aromatic N) is 4. The van der Waals surface area contributed by atoms with E-state index < -0.39 is 32.4 Å². The van der Waals surface area contributed by atoms with Crippen LogP contribution in [0.1, 0.15) is 10.4 Å². The Hall–Kier alpha value is -2.66. The normalized spacial score (nSPS) is 15.4. The maximum absolute atomic E-state index is 14.0. The summed E-state index contributed by atoms with van der Waals surface area (Å²) in [6.07, 6.45) is 1.56. The Morgan fingerprint density at radius 3 is 2.31 bits per heavy atom. The number of hydrogen-bond donors (Lipinski definition) is 0. The van der Waals surface area contributed by atoms with Crippen LogP contribution in [0.2, 0.25) is 0 Å². The third kappa shape index (κ3) is 3.92. The molecule has 2 heterocycles. The van der Waals surface area contributed by atoms with Crippen molar-refractivity contribution in [3.63, 3.8) is 0 Å². The monoisotopic (exact) mass is 428 g/mol. The fraction of sp³-hybridized carbons (Fsp3) is 0.333. The van der Waals surface area contributed by atoms with Crippen LogP contribution in [0.3, 0.4) is 0 Å². The molecule has 1 saturated heterocycles. The van der Waals surface area contributed by atoms with Gasteiger partial charge in [0.25, 0.3) is 5.91 Å². The van der Waals surface area contributed by atoms with Gasteiger partial charge in [-0.2, -0.15) is 4.31 Å². The molecule has 0 saturated carbocycles. The summed E-state index contributed by atoms with van der Waals surface area (Å²) in [6, 6.07) is 4.52. The molecule has 1 amide bonds. The fourth-order valence-corrected chi connectivity index (χ4v) is 4.55. The average molecular weight is 428 g/mol. The van der Waals surface area contributed by atoms with Crippen molar-refractivity contribution in [1.82, 2.24) is 14.2 Å². The van der Waals surface area contributed by atoms with Gasteiger partial charge in [-0.25, -0.2) is 26.6 Å². The van der Waals surface area contributed by atoms with Crippen LogP contribution >= 0.6 is 0 Å². The van der Waals surface area contributed by atoms with E-state index in [1.165, 1.54) is 4.90 Å². The first-order valence-electron chi connectivity index (χ1n) is 8.70. The van der Waals surface area contributed by atoms with Crippen molar-refractivity contribution < 1.29 is 26.4 Å². The molecule has 29 heavy (non-hydrogen) atoms. The van der Waals surface area contributed by atoms with Gasteiger partial charge >= 0.3 is 0 Å². The number of carbonyl (C=O) groups is 1. The maximum Gasteiger partial charge on any atom is 0.257 e. The molecule has 0 spiro atoms. The van der Waals surface area contributed by atoms with Crippen molar-refractivity contribution in [2.45, 2.75) is 4.90 Å². The molecule has 1 aromatic carbocycles. The van der Waals surface area contributed by atoms with Gasteiger partial charge in [0.05, 0.1) is 5.56 Å². The summed E-state index contributed by atoms with van der Waals surface area (Å²) >= 11 is 0. The van der Waals surface area contributed by atoms with Gasteiger partial charge in [0.15, 0.2) is 17.5 Å². The fourth-order valence-electron chi connectivity index (χ4n) is 3.07. The summed E-state index contributed by atoms with van der Waals surface area (Å²) < 4.78 is 66.7. The summed E-state index contributed by atoms with van der Waals surface area (Å²) in [6.45, 7) is -0.0929. The number of pyridine rings is 1. The number of sulfonamides is 1. The third-order valence-corrected chi connectivity index (χ3v) is 6.50. The molecule has 0 bridgehead atoms. The Morgan fingerprint density at radius 2 is 1.69 bits per heavy atom. The minimum absolute atomic E-state index is 0.0606. The van der Waals surface area contributed by atoms with E-state index in [2.05, 4.69) is 4.98 Å². The molecule has 2 aromatic rings. The Bertz CT molecular complexity index is 1040.